The fourth-order valence-electron chi connectivity index (χ4n) is 2.85. The van der Waals surface area contributed by atoms with Crippen LogP contribution in [0.15, 0.2) is 27.6 Å². The molecule has 1 aliphatic heterocycles. The standard InChI is InChI=1S/C16H22N4O5S/c1-12-17-16(25-18-12)11-19-6-8-20(9-7-19)26(21,22)13-4-5-14(23-2)15(10-13)24-3/h4-5,10H,6-9,11H2,1-3H3. The van der Waals surface area contributed by atoms with Gasteiger partial charge in [-0.25, -0.2) is 8.42 Å². The smallest absolute Gasteiger partial charge is 0.243 e. The van der Waals surface area contributed by atoms with Crippen molar-refractivity contribution in [2.75, 3.05) is 40.4 Å². The van der Waals surface area contributed by atoms with Crippen molar-refractivity contribution in [3.8, 4) is 11.5 Å². The zero-order valence-electron chi connectivity index (χ0n) is 15.0. The number of nitrogens with zero attached hydrogens (tertiary/aromatic N) is 4. The van der Waals surface area contributed by atoms with E-state index in [4.69, 9.17) is 14.0 Å². The molecule has 142 valence electrons. The number of sulfonamides is 1. The van der Waals surface area contributed by atoms with Gasteiger partial charge in [0.25, 0.3) is 0 Å². The van der Waals surface area contributed by atoms with Gasteiger partial charge in [0.2, 0.25) is 15.9 Å². The first-order valence-corrected chi connectivity index (χ1v) is 9.62. The van der Waals surface area contributed by atoms with Crippen LogP contribution in [0.3, 0.4) is 0 Å². The molecule has 0 bridgehead atoms. The Balaban J connectivity index is 1.68. The van der Waals surface area contributed by atoms with Gasteiger partial charge in [0.05, 0.1) is 25.7 Å². The van der Waals surface area contributed by atoms with Crippen molar-refractivity contribution >= 4 is 10.0 Å². The van der Waals surface area contributed by atoms with Gasteiger partial charge in [0.15, 0.2) is 17.3 Å². The van der Waals surface area contributed by atoms with Crippen LogP contribution in [-0.4, -0.2) is 68.2 Å². The lowest BCUT2D eigenvalue weighted by atomic mass is 10.3. The van der Waals surface area contributed by atoms with E-state index in [9.17, 15) is 8.42 Å². The van der Waals surface area contributed by atoms with E-state index < -0.39 is 10.0 Å². The topological polar surface area (TPSA) is 98.0 Å². The SMILES string of the molecule is COc1ccc(S(=O)(=O)N2CCN(Cc3nc(C)no3)CC2)cc1OC. The lowest BCUT2D eigenvalue weighted by Crippen LogP contribution is -2.48. The average molecular weight is 382 g/mol. The van der Waals surface area contributed by atoms with Crippen LogP contribution in [-0.2, 0) is 16.6 Å². The highest BCUT2D eigenvalue weighted by atomic mass is 32.2. The van der Waals surface area contributed by atoms with Crippen LogP contribution < -0.4 is 9.47 Å². The molecule has 0 unspecified atom stereocenters. The number of aromatic nitrogens is 2. The maximum absolute atomic E-state index is 12.9. The minimum atomic E-state index is -3.59. The van der Waals surface area contributed by atoms with Gasteiger partial charge in [-0.2, -0.15) is 9.29 Å². The number of hydrogen-bond acceptors (Lipinski definition) is 8. The zero-order chi connectivity index (χ0) is 18.7. The highest BCUT2D eigenvalue weighted by Gasteiger charge is 2.29. The fourth-order valence-corrected chi connectivity index (χ4v) is 4.29. The van der Waals surface area contributed by atoms with E-state index in [1.807, 2.05) is 0 Å². The van der Waals surface area contributed by atoms with Gasteiger partial charge in [-0.3, -0.25) is 4.90 Å². The second kappa shape index (κ2) is 7.60. The van der Waals surface area contributed by atoms with E-state index >= 15 is 0 Å². The second-order valence-corrected chi connectivity index (χ2v) is 7.87. The van der Waals surface area contributed by atoms with Crippen LogP contribution in [0.2, 0.25) is 0 Å². The number of aryl methyl sites for hydroxylation is 1. The van der Waals surface area contributed by atoms with Crippen LogP contribution in [0.4, 0.5) is 0 Å². The molecule has 0 amide bonds. The van der Waals surface area contributed by atoms with Crippen LogP contribution in [0.1, 0.15) is 11.7 Å². The summed E-state index contributed by atoms with van der Waals surface area (Å²) in [5, 5.41) is 3.77. The van der Waals surface area contributed by atoms with Crippen molar-refractivity contribution < 1.29 is 22.4 Å². The molecule has 0 aliphatic carbocycles. The Morgan fingerprint density at radius 3 is 2.38 bits per heavy atom. The molecule has 0 N–H and O–H groups in total. The number of methoxy groups -OCH3 is 2. The molecule has 2 aromatic rings. The molecule has 1 aromatic carbocycles. The Labute approximate surface area is 152 Å². The first-order valence-electron chi connectivity index (χ1n) is 8.18. The summed E-state index contributed by atoms with van der Waals surface area (Å²) in [7, 11) is -0.604. The molecule has 26 heavy (non-hydrogen) atoms. The van der Waals surface area contributed by atoms with Gasteiger partial charge in [-0.1, -0.05) is 5.16 Å². The molecule has 0 atom stereocenters. The van der Waals surface area contributed by atoms with Gasteiger partial charge >= 0.3 is 0 Å². The molecular weight excluding hydrogens is 360 g/mol. The summed E-state index contributed by atoms with van der Waals surface area (Å²) in [4.78, 5) is 6.46. The van der Waals surface area contributed by atoms with E-state index in [1.54, 1.807) is 13.0 Å². The Morgan fingerprint density at radius 1 is 1.12 bits per heavy atom. The quantitative estimate of drug-likeness (QED) is 0.727. The molecule has 1 saturated heterocycles. The second-order valence-electron chi connectivity index (χ2n) is 5.93. The highest BCUT2D eigenvalue weighted by molar-refractivity contribution is 7.89. The zero-order valence-corrected chi connectivity index (χ0v) is 15.8. The van der Waals surface area contributed by atoms with Gasteiger partial charge in [-0.15, -0.1) is 0 Å². The predicted molar refractivity (Wildman–Crippen MR) is 92.6 cm³/mol. The van der Waals surface area contributed by atoms with Crippen LogP contribution in [0, 0.1) is 6.92 Å². The summed E-state index contributed by atoms with van der Waals surface area (Å²) in [6, 6.07) is 4.62. The minimum Gasteiger partial charge on any atom is -0.493 e. The van der Waals surface area contributed by atoms with E-state index in [2.05, 4.69) is 15.0 Å². The maximum atomic E-state index is 12.9. The predicted octanol–water partition coefficient (Wildman–Crippen LogP) is 0.902. The summed E-state index contributed by atoms with van der Waals surface area (Å²) in [5.74, 6) is 2.01. The molecule has 2 heterocycles. The molecule has 1 aliphatic rings. The molecule has 1 aromatic heterocycles. The van der Waals surface area contributed by atoms with Crippen LogP contribution in [0.5, 0.6) is 11.5 Å². The van der Waals surface area contributed by atoms with Crippen molar-refractivity contribution in [2.24, 2.45) is 0 Å². The number of ether oxygens (including phenoxy) is 2. The maximum Gasteiger partial charge on any atom is 0.243 e. The normalized spacial score (nSPS) is 16.6. The summed E-state index contributed by atoms with van der Waals surface area (Å²) in [6.07, 6.45) is 0. The number of rotatable bonds is 6. The van der Waals surface area contributed by atoms with E-state index in [-0.39, 0.29) is 4.90 Å². The minimum absolute atomic E-state index is 0.191. The van der Waals surface area contributed by atoms with Gasteiger partial charge in [0.1, 0.15) is 0 Å². The summed E-state index contributed by atoms with van der Waals surface area (Å²) >= 11 is 0. The van der Waals surface area contributed by atoms with Crippen molar-refractivity contribution in [1.82, 2.24) is 19.3 Å². The van der Waals surface area contributed by atoms with E-state index in [0.29, 0.717) is 55.9 Å². The monoisotopic (exact) mass is 382 g/mol. The molecule has 9 nitrogen and oxygen atoms in total. The molecule has 3 rings (SSSR count). The lowest BCUT2D eigenvalue weighted by Gasteiger charge is -2.33. The Bertz CT molecular complexity index is 859. The lowest BCUT2D eigenvalue weighted by molar-refractivity contribution is 0.163. The third-order valence-corrected chi connectivity index (χ3v) is 6.15. The van der Waals surface area contributed by atoms with Crippen molar-refractivity contribution in [3.05, 3.63) is 29.9 Å². The Hall–Kier alpha value is -2.17. The molecule has 0 spiro atoms. The third-order valence-electron chi connectivity index (χ3n) is 4.25. The highest BCUT2D eigenvalue weighted by Crippen LogP contribution is 2.30. The van der Waals surface area contributed by atoms with Gasteiger partial charge in [0, 0.05) is 32.2 Å². The molecule has 0 saturated carbocycles. The van der Waals surface area contributed by atoms with Crippen molar-refractivity contribution in [2.45, 2.75) is 18.4 Å². The summed E-state index contributed by atoms with van der Waals surface area (Å²) in [5.41, 5.74) is 0. The Kier molecular flexibility index (Phi) is 5.44. The third kappa shape index (κ3) is 3.81. The van der Waals surface area contributed by atoms with E-state index in [0.717, 1.165) is 0 Å². The first kappa shape index (κ1) is 18.6. The molecule has 1 fully saturated rings. The molecule has 10 heteroatoms. The van der Waals surface area contributed by atoms with Crippen molar-refractivity contribution in [3.63, 3.8) is 0 Å². The first-order chi connectivity index (χ1) is 12.4. The number of piperazine rings is 1. The fraction of sp³-hybridized carbons (Fsp3) is 0.500. The largest absolute Gasteiger partial charge is 0.493 e. The molecular formula is C16H22N4O5S. The summed E-state index contributed by atoms with van der Waals surface area (Å²) < 4.78 is 42.7. The number of benzene rings is 1. The van der Waals surface area contributed by atoms with Gasteiger partial charge in [-0.05, 0) is 19.1 Å². The van der Waals surface area contributed by atoms with Crippen LogP contribution >= 0.6 is 0 Å². The number of hydrogen-bond donors (Lipinski definition) is 0. The average Bonchev–Trinajstić information content (AvgIpc) is 3.06. The van der Waals surface area contributed by atoms with Gasteiger partial charge < -0.3 is 14.0 Å². The van der Waals surface area contributed by atoms with Crippen LogP contribution in [0.25, 0.3) is 0 Å². The Morgan fingerprint density at radius 2 is 1.81 bits per heavy atom. The molecule has 0 radical (unpaired) electrons. The van der Waals surface area contributed by atoms with E-state index in [1.165, 1.54) is 30.7 Å². The van der Waals surface area contributed by atoms with Crippen molar-refractivity contribution in [1.29, 1.82) is 0 Å². The summed E-state index contributed by atoms with van der Waals surface area (Å²) in [6.45, 7) is 4.25.